The van der Waals surface area contributed by atoms with Gasteiger partial charge in [0.05, 0.1) is 0 Å². The summed E-state index contributed by atoms with van der Waals surface area (Å²) in [7, 11) is 0. The molecule has 0 fully saturated rings. The average Bonchev–Trinajstić information content (AvgIpc) is 2.47. The number of likely N-dealkylation sites (N-methyl/N-ethyl adjacent to an activating group) is 1. The van der Waals surface area contributed by atoms with Crippen LogP contribution in [0, 0.1) is 10.8 Å². The number of guanidine groups is 1. The number of ether oxygens (including phenoxy) is 1. The van der Waals surface area contributed by atoms with Gasteiger partial charge in [0.25, 0.3) is 0 Å². The van der Waals surface area contributed by atoms with Gasteiger partial charge in [0.15, 0.2) is 5.96 Å². The van der Waals surface area contributed by atoms with Crippen molar-refractivity contribution >= 4 is 30.2 Å². The van der Waals surface area contributed by atoms with Gasteiger partial charge in [0.1, 0.15) is 12.6 Å². The molecule has 0 aromatic carbocycles. The molecule has 0 bridgehead atoms. The SMILES string of the molecule is Cl.[2H]C([2H])([2H])N(CC(=O)OC(C)C(C)(C)C)C(=N)NC(=O)CCCCCC. The number of carbonyl (C=O) groups is 2. The summed E-state index contributed by atoms with van der Waals surface area (Å²) in [5.41, 5.74) is -0.291. The smallest absolute Gasteiger partial charge is 0.325 e. The first-order valence-electron chi connectivity index (χ1n) is 9.64. The summed E-state index contributed by atoms with van der Waals surface area (Å²) >= 11 is 0. The number of unbranched alkanes of at least 4 members (excludes halogenated alkanes) is 3. The summed E-state index contributed by atoms with van der Waals surface area (Å²) in [6.45, 7) is 6.10. The highest BCUT2D eigenvalue weighted by Crippen LogP contribution is 2.21. The van der Waals surface area contributed by atoms with Gasteiger partial charge in [-0.15, -0.1) is 12.4 Å². The molecule has 6 nitrogen and oxygen atoms in total. The highest BCUT2D eigenvalue weighted by molar-refractivity contribution is 5.96. The Morgan fingerprint density at radius 2 is 1.92 bits per heavy atom. The molecule has 0 aliphatic heterocycles. The standard InChI is InChI=1S/C17H33N3O3.ClH/c1-7-8-9-10-11-14(21)19-16(18)20(6)12-15(22)23-13(2)17(3,4)5;/h13H,7-12H2,1-6H3,(H2,18,19,21);1H/i6D3;. The number of hydrogen-bond donors (Lipinski definition) is 2. The maximum Gasteiger partial charge on any atom is 0.325 e. The average molecular weight is 367 g/mol. The van der Waals surface area contributed by atoms with Gasteiger partial charge in [-0.25, -0.2) is 0 Å². The number of nitrogens with zero attached hydrogens (tertiary/aromatic N) is 1. The van der Waals surface area contributed by atoms with E-state index in [1.165, 1.54) is 0 Å². The van der Waals surface area contributed by atoms with Crippen LogP contribution in [-0.4, -0.2) is 42.4 Å². The molecule has 0 aliphatic rings. The van der Waals surface area contributed by atoms with E-state index < -0.39 is 37.5 Å². The number of rotatable bonds is 8. The topological polar surface area (TPSA) is 82.5 Å². The second-order valence-electron chi connectivity index (χ2n) is 6.79. The fraction of sp³-hybridized carbons (Fsp3) is 0.824. The highest BCUT2D eigenvalue weighted by atomic mass is 35.5. The van der Waals surface area contributed by atoms with Gasteiger partial charge in [-0.05, 0) is 18.8 Å². The van der Waals surface area contributed by atoms with Gasteiger partial charge >= 0.3 is 5.97 Å². The molecule has 2 N–H and O–H groups in total. The van der Waals surface area contributed by atoms with Gasteiger partial charge in [0, 0.05) is 17.5 Å². The van der Waals surface area contributed by atoms with Crippen LogP contribution >= 0.6 is 12.4 Å². The van der Waals surface area contributed by atoms with Gasteiger partial charge in [-0.3, -0.25) is 20.3 Å². The van der Waals surface area contributed by atoms with Crippen molar-refractivity contribution in [1.82, 2.24) is 10.2 Å². The van der Waals surface area contributed by atoms with Gasteiger partial charge in [-0.2, -0.15) is 0 Å². The Labute approximate surface area is 156 Å². The van der Waals surface area contributed by atoms with E-state index >= 15 is 0 Å². The summed E-state index contributed by atoms with van der Waals surface area (Å²) < 4.78 is 27.8. The number of nitrogens with one attached hydrogen (secondary N) is 2. The number of amides is 1. The molecular weight excluding hydrogens is 330 g/mol. The van der Waals surface area contributed by atoms with E-state index in [2.05, 4.69) is 12.2 Å². The van der Waals surface area contributed by atoms with Gasteiger partial charge in [-0.1, -0.05) is 47.0 Å². The van der Waals surface area contributed by atoms with Crippen molar-refractivity contribution in [3.8, 4) is 0 Å². The van der Waals surface area contributed by atoms with E-state index in [9.17, 15) is 9.59 Å². The summed E-state index contributed by atoms with van der Waals surface area (Å²) in [5.74, 6) is -1.81. The van der Waals surface area contributed by atoms with Crippen molar-refractivity contribution in [2.24, 2.45) is 5.41 Å². The van der Waals surface area contributed by atoms with Crippen LogP contribution in [0.15, 0.2) is 0 Å². The Morgan fingerprint density at radius 3 is 2.42 bits per heavy atom. The van der Waals surface area contributed by atoms with Crippen LogP contribution in [0.5, 0.6) is 0 Å². The fourth-order valence-corrected chi connectivity index (χ4v) is 1.59. The van der Waals surface area contributed by atoms with E-state index in [4.69, 9.17) is 14.3 Å². The number of hydrogen-bond acceptors (Lipinski definition) is 4. The van der Waals surface area contributed by atoms with Crippen LogP contribution in [0.3, 0.4) is 0 Å². The molecule has 142 valence electrons. The second-order valence-corrected chi connectivity index (χ2v) is 6.79. The summed E-state index contributed by atoms with van der Waals surface area (Å²) in [6.07, 6.45) is 3.42. The van der Waals surface area contributed by atoms with Crippen molar-refractivity contribution < 1.29 is 18.4 Å². The van der Waals surface area contributed by atoms with Crippen LogP contribution in [0.25, 0.3) is 0 Å². The predicted molar refractivity (Wildman–Crippen MR) is 99.5 cm³/mol. The normalized spacial score (nSPS) is 14.3. The van der Waals surface area contributed by atoms with Crippen molar-refractivity contribution in [3.63, 3.8) is 0 Å². The third-order valence-electron chi connectivity index (χ3n) is 3.60. The summed E-state index contributed by atoms with van der Waals surface area (Å²) in [5, 5.41) is 10.1. The minimum absolute atomic E-state index is 0. The van der Waals surface area contributed by atoms with Crippen molar-refractivity contribution in [2.75, 3.05) is 13.5 Å². The number of halogens is 1. The van der Waals surface area contributed by atoms with E-state index in [1.807, 2.05) is 20.8 Å². The zero-order valence-corrected chi connectivity index (χ0v) is 16.2. The maximum atomic E-state index is 12.1. The third-order valence-corrected chi connectivity index (χ3v) is 3.60. The number of carbonyl (C=O) groups excluding carboxylic acids is 2. The van der Waals surface area contributed by atoms with Crippen molar-refractivity contribution in [1.29, 1.82) is 5.41 Å². The first kappa shape index (κ1) is 19.0. The fourth-order valence-electron chi connectivity index (χ4n) is 1.59. The largest absolute Gasteiger partial charge is 0.461 e. The summed E-state index contributed by atoms with van der Waals surface area (Å²) in [6, 6.07) is 0. The predicted octanol–water partition coefficient (Wildman–Crippen LogP) is 3.34. The Morgan fingerprint density at radius 1 is 1.29 bits per heavy atom. The zero-order valence-electron chi connectivity index (χ0n) is 18.4. The minimum atomic E-state index is -2.74. The Kier molecular flexibility index (Phi) is 9.61. The lowest BCUT2D eigenvalue weighted by atomic mass is 9.90. The molecule has 0 spiro atoms. The van der Waals surface area contributed by atoms with E-state index in [1.54, 1.807) is 6.92 Å². The minimum Gasteiger partial charge on any atom is -0.461 e. The molecule has 0 aromatic heterocycles. The first-order chi connectivity index (χ1) is 11.8. The molecule has 24 heavy (non-hydrogen) atoms. The monoisotopic (exact) mass is 366 g/mol. The van der Waals surface area contributed by atoms with Crippen LogP contribution in [0.4, 0.5) is 0 Å². The van der Waals surface area contributed by atoms with Crippen molar-refractivity contribution in [3.05, 3.63) is 0 Å². The van der Waals surface area contributed by atoms with E-state index in [0.29, 0.717) is 11.3 Å². The molecule has 1 unspecified atom stereocenters. The van der Waals surface area contributed by atoms with Gasteiger partial charge in [0.2, 0.25) is 5.91 Å². The molecule has 0 radical (unpaired) electrons. The molecule has 7 heteroatoms. The van der Waals surface area contributed by atoms with Crippen LogP contribution in [-0.2, 0) is 14.3 Å². The number of esters is 1. The second kappa shape index (κ2) is 12.1. The van der Waals surface area contributed by atoms with E-state index in [0.717, 1.165) is 19.3 Å². The molecule has 1 atom stereocenters. The molecule has 0 saturated heterocycles. The molecular formula is C17H34ClN3O3. The third kappa shape index (κ3) is 11.3. The lowest BCUT2D eigenvalue weighted by molar-refractivity contribution is -0.153. The van der Waals surface area contributed by atoms with Crippen LogP contribution < -0.4 is 5.32 Å². The van der Waals surface area contributed by atoms with E-state index in [-0.39, 0.29) is 24.2 Å². The Bertz CT molecular complexity index is 494. The molecule has 0 heterocycles. The Balaban J connectivity index is 0. The van der Waals surface area contributed by atoms with Crippen LogP contribution in [0.2, 0.25) is 0 Å². The van der Waals surface area contributed by atoms with Crippen LogP contribution in [0.1, 0.15) is 70.8 Å². The summed E-state index contributed by atoms with van der Waals surface area (Å²) in [4.78, 5) is 24.5. The quantitative estimate of drug-likeness (QED) is 0.298. The lowest BCUT2D eigenvalue weighted by Gasteiger charge is -2.28. The maximum absolute atomic E-state index is 12.1. The van der Waals surface area contributed by atoms with Gasteiger partial charge < -0.3 is 9.64 Å². The zero-order chi connectivity index (χ0) is 20.5. The molecule has 0 aliphatic carbocycles. The molecule has 0 rings (SSSR count). The first-order valence-corrected chi connectivity index (χ1v) is 8.14. The molecule has 1 amide bonds. The molecule has 0 aromatic rings. The molecule has 0 saturated carbocycles. The van der Waals surface area contributed by atoms with Crippen molar-refractivity contribution in [2.45, 2.75) is 72.8 Å². The Hall–Kier alpha value is -1.30. The highest BCUT2D eigenvalue weighted by Gasteiger charge is 2.24. The lowest BCUT2D eigenvalue weighted by Crippen LogP contribution is -2.44.